The van der Waals surface area contributed by atoms with Crippen LogP contribution in [0.3, 0.4) is 0 Å². The summed E-state index contributed by atoms with van der Waals surface area (Å²) in [6, 6.07) is -0.259. The molecular formula is C13H22N2O2S. The van der Waals surface area contributed by atoms with E-state index in [1.807, 2.05) is 25.6 Å². The number of carbonyl (C=O) groups excluding carboxylic acids is 2. The number of carbonyl (C=O) groups is 2. The fraction of sp³-hybridized carbons (Fsp3) is 0.846. The predicted octanol–water partition coefficient (Wildman–Crippen LogP) is 1.40. The van der Waals surface area contributed by atoms with Gasteiger partial charge in [0.1, 0.15) is 0 Å². The van der Waals surface area contributed by atoms with Gasteiger partial charge in [0.15, 0.2) is 0 Å². The Morgan fingerprint density at radius 1 is 1.50 bits per heavy atom. The Bertz CT molecular complexity index is 329. The number of hydrogen-bond acceptors (Lipinski definition) is 4. The molecule has 5 heteroatoms. The zero-order chi connectivity index (χ0) is 13.1. The molecule has 2 aliphatic heterocycles. The van der Waals surface area contributed by atoms with Gasteiger partial charge in [0, 0.05) is 17.8 Å². The summed E-state index contributed by atoms with van der Waals surface area (Å²) in [6.45, 7) is 4.79. The summed E-state index contributed by atoms with van der Waals surface area (Å²) >= 11 is 1.97. The number of imide groups is 1. The van der Waals surface area contributed by atoms with E-state index >= 15 is 0 Å². The van der Waals surface area contributed by atoms with Crippen molar-refractivity contribution >= 4 is 23.6 Å². The van der Waals surface area contributed by atoms with Gasteiger partial charge in [0.2, 0.25) is 11.8 Å². The van der Waals surface area contributed by atoms with Crippen LogP contribution in [0.1, 0.15) is 39.5 Å². The van der Waals surface area contributed by atoms with Gasteiger partial charge in [-0.15, -0.1) is 0 Å². The summed E-state index contributed by atoms with van der Waals surface area (Å²) in [4.78, 5) is 25.5. The topological polar surface area (TPSA) is 49.4 Å². The second kappa shape index (κ2) is 6.06. The number of amides is 2. The predicted molar refractivity (Wildman–Crippen MR) is 73.5 cm³/mol. The van der Waals surface area contributed by atoms with Crippen molar-refractivity contribution in [3.63, 3.8) is 0 Å². The third kappa shape index (κ3) is 2.88. The highest BCUT2D eigenvalue weighted by atomic mass is 32.2. The Morgan fingerprint density at radius 2 is 2.28 bits per heavy atom. The Labute approximate surface area is 113 Å². The van der Waals surface area contributed by atoms with E-state index in [0.717, 1.165) is 13.0 Å². The van der Waals surface area contributed by atoms with Gasteiger partial charge >= 0.3 is 0 Å². The first kappa shape index (κ1) is 13.9. The lowest BCUT2D eigenvalue weighted by Gasteiger charge is -2.22. The zero-order valence-electron chi connectivity index (χ0n) is 11.1. The summed E-state index contributed by atoms with van der Waals surface area (Å²) < 4.78 is 0. The van der Waals surface area contributed by atoms with Gasteiger partial charge in [-0.25, -0.2) is 0 Å². The van der Waals surface area contributed by atoms with Crippen molar-refractivity contribution in [2.24, 2.45) is 0 Å². The van der Waals surface area contributed by atoms with Crippen LogP contribution in [0.25, 0.3) is 0 Å². The number of likely N-dealkylation sites (tertiary alicyclic amines) is 1. The fourth-order valence-corrected chi connectivity index (χ4v) is 3.75. The van der Waals surface area contributed by atoms with Crippen molar-refractivity contribution in [3.8, 4) is 0 Å². The van der Waals surface area contributed by atoms with Gasteiger partial charge in [0.05, 0.1) is 12.5 Å². The molecule has 2 rings (SSSR count). The van der Waals surface area contributed by atoms with Crippen LogP contribution < -0.4 is 5.32 Å². The molecule has 0 aromatic heterocycles. The molecule has 4 nitrogen and oxygen atoms in total. The quantitative estimate of drug-likeness (QED) is 0.767. The summed E-state index contributed by atoms with van der Waals surface area (Å²) in [6.07, 6.45) is 3.65. The molecule has 2 saturated heterocycles. The van der Waals surface area contributed by atoms with Crippen LogP contribution in [-0.4, -0.2) is 46.3 Å². The highest BCUT2D eigenvalue weighted by molar-refractivity contribution is 8.00. The third-order valence-electron chi connectivity index (χ3n) is 3.83. The minimum atomic E-state index is -0.285. The van der Waals surface area contributed by atoms with Crippen molar-refractivity contribution in [3.05, 3.63) is 0 Å². The van der Waals surface area contributed by atoms with Crippen molar-refractivity contribution in [1.82, 2.24) is 10.2 Å². The van der Waals surface area contributed by atoms with Gasteiger partial charge in [-0.3, -0.25) is 14.5 Å². The number of thioether (sulfide) groups is 1. The van der Waals surface area contributed by atoms with Crippen LogP contribution >= 0.6 is 11.8 Å². The maximum Gasteiger partial charge on any atom is 0.247 e. The first-order valence-corrected chi connectivity index (χ1v) is 7.89. The number of nitrogens with zero attached hydrogens (tertiary/aromatic N) is 1. The molecule has 0 spiro atoms. The average molecular weight is 270 g/mol. The molecular weight excluding hydrogens is 248 g/mol. The maximum atomic E-state index is 12.2. The number of nitrogens with one attached hydrogen (secondary N) is 1. The second-order valence-electron chi connectivity index (χ2n) is 5.16. The van der Waals surface area contributed by atoms with Crippen LogP contribution in [0.2, 0.25) is 0 Å². The van der Waals surface area contributed by atoms with Crippen LogP contribution in [0, 0.1) is 0 Å². The Balaban J connectivity index is 1.87. The van der Waals surface area contributed by atoms with E-state index < -0.39 is 0 Å². The average Bonchev–Trinajstić information content (AvgIpc) is 2.95. The van der Waals surface area contributed by atoms with Gasteiger partial charge in [-0.05, 0) is 31.9 Å². The molecule has 0 bridgehead atoms. The first-order valence-electron chi connectivity index (χ1n) is 6.84. The van der Waals surface area contributed by atoms with E-state index in [2.05, 4.69) is 5.32 Å². The molecule has 102 valence electrons. The van der Waals surface area contributed by atoms with Crippen molar-refractivity contribution in [1.29, 1.82) is 0 Å². The minimum absolute atomic E-state index is 0.0223. The molecule has 3 atom stereocenters. The van der Waals surface area contributed by atoms with E-state index in [4.69, 9.17) is 0 Å². The van der Waals surface area contributed by atoms with Crippen LogP contribution in [0.4, 0.5) is 0 Å². The third-order valence-corrected chi connectivity index (χ3v) is 5.23. The summed E-state index contributed by atoms with van der Waals surface area (Å²) in [5, 5.41) is 3.90. The van der Waals surface area contributed by atoms with Crippen LogP contribution in [0.5, 0.6) is 0 Å². The molecule has 18 heavy (non-hydrogen) atoms. The molecule has 0 aromatic carbocycles. The van der Waals surface area contributed by atoms with Gasteiger partial charge in [0.25, 0.3) is 0 Å². The van der Waals surface area contributed by atoms with Crippen LogP contribution in [-0.2, 0) is 9.59 Å². The lowest BCUT2D eigenvalue weighted by atomic mass is 10.2. The Morgan fingerprint density at radius 3 is 2.89 bits per heavy atom. The highest BCUT2D eigenvalue weighted by Gasteiger charge is 2.40. The standard InChI is InChI=1S/C13H22N2O2S/c1-3-9(2)15-12(16)7-11(13(15)17)14-8-10-5-4-6-18-10/h9-11,14H,3-8H2,1-2H3. The maximum absolute atomic E-state index is 12.2. The molecule has 2 heterocycles. The lowest BCUT2D eigenvalue weighted by Crippen LogP contribution is -2.43. The summed E-state index contributed by atoms with van der Waals surface area (Å²) in [5.74, 6) is 1.17. The minimum Gasteiger partial charge on any atom is -0.304 e. The Kier molecular flexibility index (Phi) is 4.67. The SMILES string of the molecule is CCC(C)N1C(=O)CC(NCC2CCCS2)C1=O. The van der Waals surface area contributed by atoms with Gasteiger partial charge in [-0.2, -0.15) is 11.8 Å². The van der Waals surface area contributed by atoms with E-state index in [9.17, 15) is 9.59 Å². The van der Waals surface area contributed by atoms with E-state index in [-0.39, 0.29) is 23.9 Å². The van der Waals surface area contributed by atoms with Crippen molar-refractivity contribution in [2.75, 3.05) is 12.3 Å². The van der Waals surface area contributed by atoms with Crippen molar-refractivity contribution < 1.29 is 9.59 Å². The molecule has 2 aliphatic rings. The molecule has 0 aliphatic carbocycles. The van der Waals surface area contributed by atoms with Crippen molar-refractivity contribution in [2.45, 2.75) is 56.9 Å². The monoisotopic (exact) mass is 270 g/mol. The molecule has 0 radical (unpaired) electrons. The first-order chi connectivity index (χ1) is 8.63. The summed E-state index contributed by atoms with van der Waals surface area (Å²) in [7, 11) is 0. The largest absolute Gasteiger partial charge is 0.304 e. The number of rotatable bonds is 5. The Hall–Kier alpha value is -0.550. The fourth-order valence-electron chi connectivity index (χ4n) is 2.54. The second-order valence-corrected chi connectivity index (χ2v) is 6.57. The normalized spacial score (nSPS) is 30.2. The van der Waals surface area contributed by atoms with E-state index in [1.54, 1.807) is 0 Å². The summed E-state index contributed by atoms with van der Waals surface area (Å²) in [5.41, 5.74) is 0. The molecule has 2 amide bonds. The van der Waals surface area contributed by atoms with Crippen LogP contribution in [0.15, 0.2) is 0 Å². The molecule has 1 N–H and O–H groups in total. The van der Waals surface area contributed by atoms with E-state index in [0.29, 0.717) is 11.7 Å². The highest BCUT2D eigenvalue weighted by Crippen LogP contribution is 2.26. The van der Waals surface area contributed by atoms with Gasteiger partial charge in [-0.1, -0.05) is 6.92 Å². The molecule has 2 fully saturated rings. The lowest BCUT2D eigenvalue weighted by molar-refractivity contribution is -0.141. The molecule has 0 saturated carbocycles. The smallest absolute Gasteiger partial charge is 0.247 e. The molecule has 0 aromatic rings. The zero-order valence-corrected chi connectivity index (χ0v) is 12.0. The number of hydrogen-bond donors (Lipinski definition) is 1. The molecule has 3 unspecified atom stereocenters. The van der Waals surface area contributed by atoms with Gasteiger partial charge < -0.3 is 5.32 Å². The van der Waals surface area contributed by atoms with E-state index in [1.165, 1.54) is 23.5 Å².